The van der Waals surface area contributed by atoms with Crippen LogP contribution >= 0.6 is 0 Å². The van der Waals surface area contributed by atoms with Crippen LogP contribution in [0.2, 0.25) is 0 Å². The van der Waals surface area contributed by atoms with E-state index in [1.54, 1.807) is 0 Å². The molecule has 0 bridgehead atoms. The molecule has 1 atom stereocenters. The summed E-state index contributed by atoms with van der Waals surface area (Å²) in [5.74, 6) is -0.846. The van der Waals surface area contributed by atoms with Crippen molar-refractivity contribution >= 4 is 0 Å². The zero-order valence-electron chi connectivity index (χ0n) is 10.8. The number of benzene rings is 1. The van der Waals surface area contributed by atoms with Crippen LogP contribution in [0.1, 0.15) is 38.4 Å². The third-order valence-electron chi connectivity index (χ3n) is 3.88. The lowest BCUT2D eigenvalue weighted by Crippen LogP contribution is -2.54. The molecule has 0 aliphatic carbocycles. The Morgan fingerprint density at radius 2 is 2.06 bits per heavy atom. The van der Waals surface area contributed by atoms with Crippen LogP contribution < -0.4 is 5.32 Å². The largest absolute Gasteiger partial charge is 0.370 e. The van der Waals surface area contributed by atoms with Gasteiger partial charge in [0.15, 0.2) is 0 Å². The van der Waals surface area contributed by atoms with Crippen LogP contribution in [0.15, 0.2) is 18.2 Å². The van der Waals surface area contributed by atoms with Gasteiger partial charge in [-0.05, 0) is 31.0 Å². The Balaban J connectivity index is 2.12. The van der Waals surface area contributed by atoms with Gasteiger partial charge in [0.05, 0.1) is 12.7 Å². The Morgan fingerprint density at radius 3 is 2.61 bits per heavy atom. The van der Waals surface area contributed by atoms with E-state index in [1.165, 1.54) is 6.07 Å². The van der Waals surface area contributed by atoms with Gasteiger partial charge >= 0.3 is 0 Å². The van der Waals surface area contributed by atoms with Crippen molar-refractivity contribution in [2.75, 3.05) is 13.2 Å². The molecule has 1 unspecified atom stereocenters. The lowest BCUT2D eigenvalue weighted by atomic mass is 9.91. The third kappa shape index (κ3) is 2.54. The van der Waals surface area contributed by atoms with E-state index >= 15 is 0 Å². The van der Waals surface area contributed by atoms with Gasteiger partial charge in [0, 0.05) is 17.6 Å². The fourth-order valence-corrected chi connectivity index (χ4v) is 2.34. The van der Waals surface area contributed by atoms with Gasteiger partial charge in [-0.1, -0.05) is 13.8 Å². The predicted octanol–water partition coefficient (Wildman–Crippen LogP) is 3.18. The monoisotopic (exact) mass is 255 g/mol. The molecule has 4 heteroatoms. The number of rotatable bonds is 3. The van der Waals surface area contributed by atoms with Crippen molar-refractivity contribution in [2.24, 2.45) is 0 Å². The maximum atomic E-state index is 13.6. The van der Waals surface area contributed by atoms with E-state index in [4.69, 9.17) is 4.74 Å². The van der Waals surface area contributed by atoms with Crippen LogP contribution in [0.25, 0.3) is 0 Å². The van der Waals surface area contributed by atoms with Crippen LogP contribution in [-0.2, 0) is 4.74 Å². The van der Waals surface area contributed by atoms with Crippen molar-refractivity contribution < 1.29 is 13.5 Å². The predicted molar refractivity (Wildman–Crippen MR) is 66.4 cm³/mol. The summed E-state index contributed by atoms with van der Waals surface area (Å²) in [6, 6.07) is 3.49. The van der Waals surface area contributed by atoms with Crippen molar-refractivity contribution in [3.63, 3.8) is 0 Å². The second-order valence-electron chi connectivity index (χ2n) is 4.83. The molecular weight excluding hydrogens is 236 g/mol. The molecule has 0 amide bonds. The SMILES string of the molecule is CCC1(CC)COC(c2cc(F)ccc2F)CN1. The highest BCUT2D eigenvalue weighted by atomic mass is 19.1. The van der Waals surface area contributed by atoms with Gasteiger partial charge in [-0.3, -0.25) is 0 Å². The fraction of sp³-hybridized carbons (Fsp3) is 0.571. The van der Waals surface area contributed by atoms with Gasteiger partial charge in [0.2, 0.25) is 0 Å². The number of morpholine rings is 1. The molecule has 1 heterocycles. The molecule has 2 rings (SSSR count). The smallest absolute Gasteiger partial charge is 0.129 e. The van der Waals surface area contributed by atoms with Crippen LogP contribution in [0.5, 0.6) is 0 Å². The highest BCUT2D eigenvalue weighted by Gasteiger charge is 2.33. The summed E-state index contributed by atoms with van der Waals surface area (Å²) >= 11 is 0. The number of hydrogen-bond donors (Lipinski definition) is 1. The first-order valence-electron chi connectivity index (χ1n) is 6.42. The molecule has 18 heavy (non-hydrogen) atoms. The molecule has 100 valence electrons. The van der Waals surface area contributed by atoms with Gasteiger partial charge in [-0.2, -0.15) is 0 Å². The lowest BCUT2D eigenvalue weighted by molar-refractivity contribution is -0.0390. The highest BCUT2D eigenvalue weighted by molar-refractivity contribution is 5.22. The van der Waals surface area contributed by atoms with Crippen LogP contribution in [0, 0.1) is 11.6 Å². The van der Waals surface area contributed by atoms with Gasteiger partial charge < -0.3 is 10.1 Å². The van der Waals surface area contributed by atoms with E-state index < -0.39 is 17.7 Å². The molecule has 1 aliphatic heterocycles. The van der Waals surface area contributed by atoms with Crippen LogP contribution in [-0.4, -0.2) is 18.7 Å². The second kappa shape index (κ2) is 5.33. The zero-order chi connectivity index (χ0) is 13.2. The van der Waals surface area contributed by atoms with E-state index in [-0.39, 0.29) is 5.54 Å². The molecule has 1 N–H and O–H groups in total. The number of ether oxygens (including phenoxy) is 1. The topological polar surface area (TPSA) is 21.3 Å². The quantitative estimate of drug-likeness (QED) is 0.895. The minimum absolute atomic E-state index is 0.0275. The molecule has 1 saturated heterocycles. The van der Waals surface area contributed by atoms with Crippen molar-refractivity contribution in [2.45, 2.75) is 38.3 Å². The van der Waals surface area contributed by atoms with Gasteiger partial charge in [0.1, 0.15) is 11.6 Å². The van der Waals surface area contributed by atoms with Crippen molar-refractivity contribution in [3.05, 3.63) is 35.4 Å². The van der Waals surface area contributed by atoms with E-state index in [1.807, 2.05) is 0 Å². The van der Waals surface area contributed by atoms with Crippen molar-refractivity contribution in [3.8, 4) is 0 Å². The summed E-state index contributed by atoms with van der Waals surface area (Å²) in [6.07, 6.45) is 1.51. The summed E-state index contributed by atoms with van der Waals surface area (Å²) in [6.45, 7) is 5.24. The normalized spacial score (nSPS) is 23.0. The average molecular weight is 255 g/mol. The minimum Gasteiger partial charge on any atom is -0.370 e. The molecule has 1 aliphatic rings. The maximum Gasteiger partial charge on any atom is 0.129 e. The molecule has 1 aromatic carbocycles. The summed E-state index contributed by atoms with van der Waals surface area (Å²) in [5.41, 5.74) is 0.267. The van der Waals surface area contributed by atoms with Crippen molar-refractivity contribution in [1.82, 2.24) is 5.32 Å². The molecule has 1 fully saturated rings. The number of nitrogens with one attached hydrogen (secondary N) is 1. The second-order valence-corrected chi connectivity index (χ2v) is 4.83. The standard InChI is InChI=1S/C14H19F2NO/c1-3-14(4-2)9-18-13(8-17-14)11-7-10(15)5-6-12(11)16/h5-7,13,17H,3-4,8-9H2,1-2H3. The van der Waals surface area contributed by atoms with E-state index in [0.29, 0.717) is 18.7 Å². The first-order chi connectivity index (χ1) is 8.60. The lowest BCUT2D eigenvalue weighted by Gasteiger charge is -2.40. The molecule has 0 saturated carbocycles. The van der Waals surface area contributed by atoms with Gasteiger partial charge in [-0.15, -0.1) is 0 Å². The Hall–Kier alpha value is -1.00. The Kier molecular flexibility index (Phi) is 3.97. The average Bonchev–Trinajstić information content (AvgIpc) is 2.42. The molecule has 0 aromatic heterocycles. The molecule has 0 radical (unpaired) electrons. The Bertz CT molecular complexity index is 408. The summed E-state index contributed by atoms with van der Waals surface area (Å²) in [5, 5.41) is 3.41. The summed E-state index contributed by atoms with van der Waals surface area (Å²) in [7, 11) is 0. The summed E-state index contributed by atoms with van der Waals surface area (Å²) < 4.78 is 32.5. The number of halogens is 2. The molecule has 1 aromatic rings. The zero-order valence-corrected chi connectivity index (χ0v) is 10.8. The first kappa shape index (κ1) is 13.4. The highest BCUT2D eigenvalue weighted by Crippen LogP contribution is 2.29. The summed E-state index contributed by atoms with van der Waals surface area (Å²) in [4.78, 5) is 0. The van der Waals surface area contributed by atoms with E-state index in [0.717, 1.165) is 25.0 Å². The maximum absolute atomic E-state index is 13.6. The van der Waals surface area contributed by atoms with Crippen molar-refractivity contribution in [1.29, 1.82) is 0 Å². The molecule has 0 spiro atoms. The van der Waals surface area contributed by atoms with E-state index in [9.17, 15) is 8.78 Å². The molecule has 2 nitrogen and oxygen atoms in total. The Labute approximate surface area is 106 Å². The van der Waals surface area contributed by atoms with Crippen LogP contribution in [0.4, 0.5) is 8.78 Å². The molecular formula is C14H19F2NO. The minimum atomic E-state index is -0.433. The Morgan fingerprint density at radius 1 is 1.33 bits per heavy atom. The number of hydrogen-bond acceptors (Lipinski definition) is 2. The van der Waals surface area contributed by atoms with E-state index in [2.05, 4.69) is 19.2 Å². The van der Waals surface area contributed by atoms with Gasteiger partial charge in [0.25, 0.3) is 0 Å². The first-order valence-corrected chi connectivity index (χ1v) is 6.42. The third-order valence-corrected chi connectivity index (χ3v) is 3.88. The van der Waals surface area contributed by atoms with Crippen LogP contribution in [0.3, 0.4) is 0 Å². The van der Waals surface area contributed by atoms with Gasteiger partial charge in [-0.25, -0.2) is 8.78 Å². The fourth-order valence-electron chi connectivity index (χ4n) is 2.34.